The van der Waals surface area contributed by atoms with Crippen LogP contribution in [0.1, 0.15) is 23.9 Å². The fourth-order valence-corrected chi connectivity index (χ4v) is 4.01. The van der Waals surface area contributed by atoms with Crippen LogP contribution in [0, 0.1) is 19.8 Å². The lowest BCUT2D eigenvalue weighted by Gasteiger charge is -2.30. The van der Waals surface area contributed by atoms with Crippen molar-refractivity contribution < 1.29 is 24.5 Å². The monoisotopic (exact) mass is 382 g/mol. The van der Waals surface area contributed by atoms with Crippen molar-refractivity contribution in [1.29, 1.82) is 0 Å². The second-order valence-corrected chi connectivity index (χ2v) is 7.15. The van der Waals surface area contributed by atoms with Crippen LogP contribution in [0.4, 0.5) is 0 Å². The van der Waals surface area contributed by atoms with Crippen LogP contribution in [0.5, 0.6) is 0 Å². The Kier molecular flexibility index (Phi) is 7.76. The predicted molar refractivity (Wildman–Crippen MR) is 98.7 cm³/mol. The summed E-state index contributed by atoms with van der Waals surface area (Å²) in [5.41, 5.74) is 3.63. The molecule has 152 valence electrons. The molecule has 9 heteroatoms. The molecule has 1 aromatic heterocycles. The van der Waals surface area contributed by atoms with Crippen LogP contribution in [0.15, 0.2) is 0 Å². The van der Waals surface area contributed by atoms with Gasteiger partial charge in [-0.1, -0.05) is 0 Å². The molecule has 2 aliphatic heterocycles. The number of carboxylic acids is 1. The van der Waals surface area contributed by atoms with Crippen molar-refractivity contribution in [2.75, 3.05) is 39.4 Å². The van der Waals surface area contributed by atoms with Crippen LogP contribution < -0.4 is 0 Å². The maximum Gasteiger partial charge on any atom is 0.317 e. The van der Waals surface area contributed by atoms with Gasteiger partial charge in [0.25, 0.3) is 6.47 Å². The van der Waals surface area contributed by atoms with Crippen LogP contribution in [-0.2, 0) is 27.4 Å². The Balaban J connectivity index is 0.000000817. The number of fused-ring (bicyclic) bond motifs is 3. The summed E-state index contributed by atoms with van der Waals surface area (Å²) in [6.45, 7) is 11.8. The molecular formula is C18H30N4O5. The Morgan fingerprint density at radius 3 is 2.59 bits per heavy atom. The van der Waals surface area contributed by atoms with Gasteiger partial charge in [-0.25, -0.2) is 0 Å². The van der Waals surface area contributed by atoms with E-state index in [4.69, 9.17) is 19.7 Å². The van der Waals surface area contributed by atoms with Gasteiger partial charge in [0.2, 0.25) is 0 Å². The zero-order chi connectivity index (χ0) is 20.0. The average molecular weight is 382 g/mol. The summed E-state index contributed by atoms with van der Waals surface area (Å²) in [7, 11) is 0. The van der Waals surface area contributed by atoms with E-state index in [9.17, 15) is 4.79 Å². The normalized spacial score (nSPS) is 23.2. The van der Waals surface area contributed by atoms with Gasteiger partial charge in [0.05, 0.1) is 25.5 Å². The molecule has 0 aromatic carbocycles. The first-order chi connectivity index (χ1) is 12.9. The number of aliphatic carboxylic acids is 1. The van der Waals surface area contributed by atoms with Crippen LogP contribution >= 0.6 is 0 Å². The van der Waals surface area contributed by atoms with Gasteiger partial charge in [0.1, 0.15) is 0 Å². The number of hydrogen-bond donors (Lipinski definition) is 2. The minimum Gasteiger partial charge on any atom is -0.483 e. The van der Waals surface area contributed by atoms with Crippen LogP contribution in [0.25, 0.3) is 0 Å². The topological polar surface area (TPSA) is 108 Å². The lowest BCUT2D eigenvalue weighted by Crippen LogP contribution is -2.45. The van der Waals surface area contributed by atoms with E-state index in [-0.39, 0.29) is 19.1 Å². The molecule has 2 saturated heterocycles. The zero-order valence-electron chi connectivity index (χ0n) is 16.3. The lowest BCUT2D eigenvalue weighted by molar-refractivity contribution is -0.138. The van der Waals surface area contributed by atoms with Crippen LogP contribution in [-0.4, -0.2) is 87.7 Å². The largest absolute Gasteiger partial charge is 0.483 e. The van der Waals surface area contributed by atoms with Crippen molar-refractivity contribution >= 4 is 12.4 Å². The third-order valence-corrected chi connectivity index (χ3v) is 5.21. The molecule has 9 nitrogen and oxygen atoms in total. The molecule has 1 aromatic rings. The van der Waals surface area contributed by atoms with E-state index in [0.29, 0.717) is 12.5 Å². The molecule has 2 atom stereocenters. The third-order valence-electron chi connectivity index (χ3n) is 5.21. The second-order valence-electron chi connectivity index (χ2n) is 7.15. The first-order valence-electron chi connectivity index (χ1n) is 9.26. The maximum absolute atomic E-state index is 11.1. The molecule has 0 amide bonds. The van der Waals surface area contributed by atoms with Gasteiger partial charge in [-0.3, -0.25) is 24.1 Å². The minimum absolute atomic E-state index is 0.118. The Bertz CT molecular complexity index is 648. The van der Waals surface area contributed by atoms with Crippen molar-refractivity contribution in [1.82, 2.24) is 19.6 Å². The van der Waals surface area contributed by atoms with Gasteiger partial charge in [-0.05, 0) is 20.8 Å². The van der Waals surface area contributed by atoms with E-state index in [2.05, 4.69) is 40.4 Å². The van der Waals surface area contributed by atoms with E-state index < -0.39 is 5.97 Å². The summed E-state index contributed by atoms with van der Waals surface area (Å²) in [4.78, 5) is 24.0. The SMILES string of the molecule is CCn1nc(C)c(CN2C[C@H]3COC[C@@H]2CN(CC(=O)O)C3)c1C.O=CO. The molecule has 2 N–H and O–H groups in total. The molecule has 0 saturated carbocycles. The summed E-state index contributed by atoms with van der Waals surface area (Å²) in [5.74, 6) is -0.392. The van der Waals surface area contributed by atoms with Crippen molar-refractivity contribution in [3.05, 3.63) is 17.0 Å². The summed E-state index contributed by atoms with van der Waals surface area (Å²) < 4.78 is 7.89. The van der Waals surface area contributed by atoms with Gasteiger partial charge in [-0.15, -0.1) is 0 Å². The lowest BCUT2D eigenvalue weighted by atomic mass is 10.1. The number of hydrogen-bond acceptors (Lipinski definition) is 6. The number of aromatic nitrogens is 2. The van der Waals surface area contributed by atoms with E-state index in [1.54, 1.807) is 0 Å². The predicted octanol–water partition coefficient (Wildman–Crippen LogP) is 0.438. The highest BCUT2D eigenvalue weighted by atomic mass is 16.5. The first kappa shape index (κ1) is 21.3. The Labute approximate surface area is 159 Å². The number of carboxylic acid groups (broad SMARTS) is 2. The summed E-state index contributed by atoms with van der Waals surface area (Å²) in [6.07, 6.45) is 0. The van der Waals surface area contributed by atoms with Gasteiger partial charge >= 0.3 is 5.97 Å². The molecular weight excluding hydrogens is 352 g/mol. The summed E-state index contributed by atoms with van der Waals surface area (Å²) >= 11 is 0. The van der Waals surface area contributed by atoms with E-state index in [1.807, 2.05) is 0 Å². The standard InChI is InChI=1S/C17H28N4O3.CH2O2/c1-4-21-13(3)16(12(2)18-21)8-20-6-14-5-19(9-17(22)23)7-15(20)11-24-10-14;2-1-3/h14-15H,4-11H2,1-3H3,(H,22,23);1H,(H,2,3)/t14-,15-;/m0./s1. The fourth-order valence-electron chi connectivity index (χ4n) is 4.01. The molecule has 3 heterocycles. The molecule has 0 radical (unpaired) electrons. The first-order valence-corrected chi connectivity index (χ1v) is 9.26. The maximum atomic E-state index is 11.1. The van der Waals surface area contributed by atoms with Crippen LogP contribution in [0.2, 0.25) is 0 Å². The van der Waals surface area contributed by atoms with Crippen molar-refractivity contribution in [3.8, 4) is 0 Å². The molecule has 0 aliphatic carbocycles. The highest BCUT2D eigenvalue weighted by molar-refractivity contribution is 5.69. The molecule has 0 unspecified atom stereocenters. The van der Waals surface area contributed by atoms with Crippen molar-refractivity contribution in [3.63, 3.8) is 0 Å². The molecule has 0 spiro atoms. The molecule has 3 rings (SSSR count). The average Bonchev–Trinajstić information content (AvgIpc) is 2.73. The molecule has 2 fully saturated rings. The minimum atomic E-state index is -0.752. The highest BCUT2D eigenvalue weighted by Gasteiger charge is 2.34. The summed E-state index contributed by atoms with van der Waals surface area (Å²) in [6, 6.07) is 0.237. The van der Waals surface area contributed by atoms with Gasteiger partial charge in [-0.2, -0.15) is 5.10 Å². The van der Waals surface area contributed by atoms with E-state index in [1.165, 1.54) is 11.3 Å². The summed E-state index contributed by atoms with van der Waals surface area (Å²) in [5, 5.41) is 20.6. The van der Waals surface area contributed by atoms with Crippen molar-refractivity contribution in [2.24, 2.45) is 5.92 Å². The molecule has 2 aliphatic rings. The number of carbonyl (C=O) groups is 2. The Hall–Kier alpha value is -1.97. The highest BCUT2D eigenvalue weighted by Crippen LogP contribution is 2.24. The third kappa shape index (κ3) is 5.50. The van der Waals surface area contributed by atoms with E-state index in [0.717, 1.165) is 45.0 Å². The molecule has 2 bridgehead atoms. The smallest absolute Gasteiger partial charge is 0.317 e. The van der Waals surface area contributed by atoms with Gasteiger partial charge < -0.3 is 14.9 Å². The van der Waals surface area contributed by atoms with Crippen molar-refractivity contribution in [2.45, 2.75) is 39.9 Å². The number of aryl methyl sites for hydroxylation is 2. The zero-order valence-corrected chi connectivity index (χ0v) is 16.3. The van der Waals surface area contributed by atoms with E-state index >= 15 is 0 Å². The number of rotatable bonds is 5. The number of ether oxygens (including phenoxy) is 1. The van der Waals surface area contributed by atoms with Gasteiger partial charge in [0.15, 0.2) is 0 Å². The Morgan fingerprint density at radius 2 is 2.00 bits per heavy atom. The van der Waals surface area contributed by atoms with Gasteiger partial charge in [0, 0.05) is 55.9 Å². The Morgan fingerprint density at radius 1 is 1.30 bits per heavy atom. The molecule has 27 heavy (non-hydrogen) atoms. The fraction of sp³-hybridized carbons (Fsp3) is 0.722. The second kappa shape index (κ2) is 9.82. The number of nitrogens with zero attached hydrogens (tertiary/aromatic N) is 4. The van der Waals surface area contributed by atoms with Crippen LogP contribution in [0.3, 0.4) is 0 Å². The quantitative estimate of drug-likeness (QED) is 0.706.